The number of carbonyl (C=O) groups excluding carboxylic acids is 1. The minimum absolute atomic E-state index is 0.0943. The predicted molar refractivity (Wildman–Crippen MR) is 83.7 cm³/mol. The summed E-state index contributed by atoms with van der Waals surface area (Å²) in [4.78, 5) is 12.1. The van der Waals surface area contributed by atoms with Crippen molar-refractivity contribution in [1.82, 2.24) is 5.32 Å². The highest BCUT2D eigenvalue weighted by atomic mass is 79.9. The topological polar surface area (TPSA) is 47.6 Å². The van der Waals surface area contributed by atoms with E-state index in [1.807, 2.05) is 6.92 Å². The Hall–Kier alpha value is -1.23. The van der Waals surface area contributed by atoms with E-state index in [2.05, 4.69) is 28.2 Å². The maximum atomic E-state index is 12.1. The molecule has 0 spiro atoms. The normalized spacial score (nSPS) is 10.2. The van der Waals surface area contributed by atoms with Crippen molar-refractivity contribution in [3.8, 4) is 11.5 Å². The summed E-state index contributed by atoms with van der Waals surface area (Å²) < 4.78 is 11.5. The summed E-state index contributed by atoms with van der Waals surface area (Å²) in [5.74, 6) is 1.08. The molecule has 1 rings (SSSR count). The zero-order valence-electron chi connectivity index (χ0n) is 12.3. The lowest BCUT2D eigenvalue weighted by molar-refractivity contribution is 0.0952. The van der Waals surface area contributed by atoms with Crippen molar-refractivity contribution in [2.75, 3.05) is 20.3 Å². The molecule has 20 heavy (non-hydrogen) atoms. The van der Waals surface area contributed by atoms with Crippen LogP contribution in [0.4, 0.5) is 0 Å². The van der Waals surface area contributed by atoms with Gasteiger partial charge in [0.05, 0.1) is 18.2 Å². The van der Waals surface area contributed by atoms with E-state index in [1.54, 1.807) is 19.2 Å². The van der Waals surface area contributed by atoms with Gasteiger partial charge in [0.25, 0.3) is 5.91 Å². The second kappa shape index (κ2) is 8.84. The van der Waals surface area contributed by atoms with Crippen LogP contribution in [0, 0.1) is 0 Å². The van der Waals surface area contributed by atoms with Gasteiger partial charge in [-0.3, -0.25) is 4.79 Å². The SMILES string of the molecule is CCCCCNC(=O)c1cc(Br)c(OCC)c(OC)c1. The van der Waals surface area contributed by atoms with Gasteiger partial charge in [0, 0.05) is 12.1 Å². The van der Waals surface area contributed by atoms with Gasteiger partial charge < -0.3 is 14.8 Å². The number of carbonyl (C=O) groups is 1. The number of amides is 1. The average Bonchev–Trinajstić information content (AvgIpc) is 2.45. The molecule has 0 fully saturated rings. The lowest BCUT2D eigenvalue weighted by Gasteiger charge is -2.13. The third kappa shape index (κ3) is 4.71. The second-order valence-corrected chi connectivity index (χ2v) is 5.24. The number of unbranched alkanes of at least 4 members (excludes halogenated alkanes) is 2. The summed E-state index contributed by atoms with van der Waals surface area (Å²) in [7, 11) is 1.56. The first kappa shape index (κ1) is 16.8. The third-order valence-electron chi connectivity index (χ3n) is 2.85. The van der Waals surface area contributed by atoms with Crippen LogP contribution in [0.5, 0.6) is 11.5 Å². The fourth-order valence-electron chi connectivity index (χ4n) is 1.81. The van der Waals surface area contributed by atoms with Crippen molar-refractivity contribution in [3.63, 3.8) is 0 Å². The van der Waals surface area contributed by atoms with Crippen molar-refractivity contribution >= 4 is 21.8 Å². The number of ether oxygens (including phenoxy) is 2. The maximum Gasteiger partial charge on any atom is 0.251 e. The summed E-state index contributed by atoms with van der Waals surface area (Å²) in [5, 5.41) is 2.91. The summed E-state index contributed by atoms with van der Waals surface area (Å²) in [6.45, 7) is 5.27. The van der Waals surface area contributed by atoms with E-state index < -0.39 is 0 Å². The van der Waals surface area contributed by atoms with E-state index in [0.29, 0.717) is 30.2 Å². The molecular formula is C15H22BrNO3. The summed E-state index contributed by atoms with van der Waals surface area (Å²) in [6.07, 6.45) is 3.26. The Morgan fingerprint density at radius 2 is 2.05 bits per heavy atom. The number of benzene rings is 1. The Bertz CT molecular complexity index is 449. The highest BCUT2D eigenvalue weighted by Gasteiger charge is 2.15. The Labute approximate surface area is 129 Å². The quantitative estimate of drug-likeness (QED) is 0.730. The lowest BCUT2D eigenvalue weighted by Crippen LogP contribution is -2.24. The first-order chi connectivity index (χ1) is 9.63. The molecule has 1 amide bonds. The highest BCUT2D eigenvalue weighted by Crippen LogP contribution is 2.36. The Morgan fingerprint density at radius 3 is 2.65 bits per heavy atom. The Morgan fingerprint density at radius 1 is 1.30 bits per heavy atom. The lowest BCUT2D eigenvalue weighted by atomic mass is 10.2. The summed E-state index contributed by atoms with van der Waals surface area (Å²) >= 11 is 3.42. The van der Waals surface area contributed by atoms with E-state index in [-0.39, 0.29) is 5.91 Å². The molecule has 0 bridgehead atoms. The molecule has 0 unspecified atom stereocenters. The van der Waals surface area contributed by atoms with Crippen molar-refractivity contribution in [2.45, 2.75) is 33.1 Å². The number of halogens is 1. The van der Waals surface area contributed by atoms with Gasteiger partial charge in [0.15, 0.2) is 11.5 Å². The molecule has 112 valence electrons. The molecule has 0 radical (unpaired) electrons. The standard InChI is InChI=1S/C15H22BrNO3/c1-4-6-7-8-17-15(18)11-9-12(16)14(20-5-2)13(10-11)19-3/h9-10H,4-8H2,1-3H3,(H,17,18). The van der Waals surface area contributed by atoms with Crippen molar-refractivity contribution < 1.29 is 14.3 Å². The number of nitrogens with one attached hydrogen (secondary N) is 1. The Balaban J connectivity index is 2.80. The van der Waals surface area contributed by atoms with Crippen molar-refractivity contribution in [1.29, 1.82) is 0 Å². The van der Waals surface area contributed by atoms with Crippen LogP contribution in [0.2, 0.25) is 0 Å². The molecular weight excluding hydrogens is 322 g/mol. The molecule has 1 aromatic carbocycles. The van der Waals surface area contributed by atoms with Crippen LogP contribution in [0.1, 0.15) is 43.5 Å². The summed E-state index contributed by atoms with van der Waals surface area (Å²) in [6, 6.07) is 3.45. The van der Waals surface area contributed by atoms with Gasteiger partial charge in [-0.1, -0.05) is 19.8 Å². The highest BCUT2D eigenvalue weighted by molar-refractivity contribution is 9.10. The first-order valence-electron chi connectivity index (χ1n) is 6.92. The van der Waals surface area contributed by atoms with Gasteiger partial charge in [0.1, 0.15) is 0 Å². The molecule has 1 aromatic rings. The van der Waals surface area contributed by atoms with Gasteiger partial charge in [-0.25, -0.2) is 0 Å². The fraction of sp³-hybridized carbons (Fsp3) is 0.533. The third-order valence-corrected chi connectivity index (χ3v) is 3.44. The van der Waals surface area contributed by atoms with Gasteiger partial charge >= 0.3 is 0 Å². The molecule has 0 aliphatic heterocycles. The van der Waals surface area contributed by atoms with E-state index >= 15 is 0 Å². The van der Waals surface area contributed by atoms with Gasteiger partial charge in [0.2, 0.25) is 0 Å². The van der Waals surface area contributed by atoms with Crippen LogP contribution in [-0.2, 0) is 0 Å². The maximum absolute atomic E-state index is 12.1. The molecule has 5 heteroatoms. The average molecular weight is 344 g/mol. The number of hydrogen-bond donors (Lipinski definition) is 1. The van der Waals surface area contributed by atoms with Crippen LogP contribution < -0.4 is 14.8 Å². The molecule has 0 atom stereocenters. The number of rotatable bonds is 8. The summed E-state index contributed by atoms with van der Waals surface area (Å²) in [5.41, 5.74) is 0.564. The molecule has 0 aliphatic carbocycles. The molecule has 0 saturated carbocycles. The van der Waals surface area contributed by atoms with Crippen LogP contribution in [0.25, 0.3) is 0 Å². The van der Waals surface area contributed by atoms with Crippen molar-refractivity contribution in [3.05, 3.63) is 22.2 Å². The van der Waals surface area contributed by atoms with E-state index in [1.165, 1.54) is 0 Å². The van der Waals surface area contributed by atoms with Gasteiger partial charge in [-0.05, 0) is 41.4 Å². The molecule has 1 N–H and O–H groups in total. The van der Waals surface area contributed by atoms with Crippen LogP contribution in [0.3, 0.4) is 0 Å². The minimum atomic E-state index is -0.0943. The van der Waals surface area contributed by atoms with Gasteiger partial charge in [-0.2, -0.15) is 0 Å². The van der Waals surface area contributed by atoms with E-state index in [4.69, 9.17) is 9.47 Å². The van der Waals surface area contributed by atoms with Crippen LogP contribution in [0.15, 0.2) is 16.6 Å². The van der Waals surface area contributed by atoms with Crippen LogP contribution in [-0.4, -0.2) is 26.2 Å². The van der Waals surface area contributed by atoms with Gasteiger partial charge in [-0.15, -0.1) is 0 Å². The molecule has 0 saturated heterocycles. The Kier molecular flexibility index (Phi) is 7.44. The molecule has 0 aromatic heterocycles. The fourth-order valence-corrected chi connectivity index (χ4v) is 2.37. The molecule has 0 heterocycles. The largest absolute Gasteiger partial charge is 0.493 e. The smallest absolute Gasteiger partial charge is 0.251 e. The monoisotopic (exact) mass is 343 g/mol. The van der Waals surface area contributed by atoms with E-state index in [9.17, 15) is 4.79 Å². The minimum Gasteiger partial charge on any atom is -0.493 e. The van der Waals surface area contributed by atoms with Crippen LogP contribution >= 0.6 is 15.9 Å². The molecule has 0 aliphatic rings. The predicted octanol–water partition coefficient (Wildman–Crippen LogP) is 3.78. The second-order valence-electron chi connectivity index (χ2n) is 4.39. The number of methoxy groups -OCH3 is 1. The first-order valence-corrected chi connectivity index (χ1v) is 7.71. The zero-order valence-corrected chi connectivity index (χ0v) is 13.9. The zero-order chi connectivity index (χ0) is 15.0. The van der Waals surface area contributed by atoms with E-state index in [0.717, 1.165) is 23.7 Å². The molecule has 4 nitrogen and oxygen atoms in total. The van der Waals surface area contributed by atoms with Crippen molar-refractivity contribution in [2.24, 2.45) is 0 Å². The number of hydrogen-bond acceptors (Lipinski definition) is 3.